The third-order valence-corrected chi connectivity index (χ3v) is 3.37. The number of hydrogen-bond donors (Lipinski definition) is 1. The Morgan fingerprint density at radius 1 is 1.38 bits per heavy atom. The predicted octanol–water partition coefficient (Wildman–Crippen LogP) is 3.08. The molecular weight excluding hydrogens is 200 g/mol. The summed E-state index contributed by atoms with van der Waals surface area (Å²) in [4.78, 5) is 4.39. The maximum Gasteiger partial charge on any atom is 0.215 e. The Morgan fingerprint density at radius 2 is 2.19 bits per heavy atom. The van der Waals surface area contributed by atoms with Crippen LogP contribution in [0.15, 0.2) is 18.2 Å². The van der Waals surface area contributed by atoms with Gasteiger partial charge in [0, 0.05) is 12.6 Å². The molecule has 1 heterocycles. The number of hydrogen-bond acceptors (Lipinski definition) is 3. The second-order valence-corrected chi connectivity index (χ2v) is 4.50. The van der Waals surface area contributed by atoms with E-state index < -0.39 is 0 Å². The van der Waals surface area contributed by atoms with Crippen molar-refractivity contribution in [3.05, 3.63) is 18.2 Å². The first-order valence-electron chi connectivity index (χ1n) is 6.12. The van der Waals surface area contributed by atoms with Crippen molar-refractivity contribution < 1.29 is 4.74 Å². The summed E-state index contributed by atoms with van der Waals surface area (Å²) in [6.07, 6.45) is 3.95. The number of ether oxygens (including phenoxy) is 1. The van der Waals surface area contributed by atoms with Gasteiger partial charge in [-0.25, -0.2) is 0 Å². The molecule has 1 N–H and O–H groups in total. The van der Waals surface area contributed by atoms with Gasteiger partial charge in [0.05, 0.1) is 6.61 Å². The molecule has 0 amide bonds. The van der Waals surface area contributed by atoms with E-state index in [1.165, 1.54) is 19.3 Å². The lowest BCUT2D eigenvalue weighted by Gasteiger charge is -2.14. The molecule has 1 aromatic rings. The molecule has 0 aliphatic heterocycles. The highest BCUT2D eigenvalue weighted by Crippen LogP contribution is 2.48. The standard InChI is InChI=1S/C13H20N2O/c1-3-13(8-9-13)10-14-11-6-5-7-12(15-11)16-4-2/h5-7H,3-4,8-10H2,1-2H3,(H,14,15). The number of nitrogens with one attached hydrogen (secondary N) is 1. The first-order valence-corrected chi connectivity index (χ1v) is 6.12. The largest absolute Gasteiger partial charge is 0.478 e. The van der Waals surface area contributed by atoms with E-state index in [-0.39, 0.29) is 0 Å². The van der Waals surface area contributed by atoms with Crippen LogP contribution in [0.25, 0.3) is 0 Å². The summed E-state index contributed by atoms with van der Waals surface area (Å²) < 4.78 is 5.37. The SMILES string of the molecule is CCOc1cccc(NCC2(CC)CC2)n1. The van der Waals surface area contributed by atoms with Crippen LogP contribution >= 0.6 is 0 Å². The van der Waals surface area contributed by atoms with E-state index >= 15 is 0 Å². The topological polar surface area (TPSA) is 34.1 Å². The number of pyridine rings is 1. The van der Waals surface area contributed by atoms with Crippen molar-refractivity contribution in [3.63, 3.8) is 0 Å². The van der Waals surface area contributed by atoms with Crippen molar-refractivity contribution in [2.75, 3.05) is 18.5 Å². The average molecular weight is 220 g/mol. The minimum absolute atomic E-state index is 0.545. The lowest BCUT2D eigenvalue weighted by atomic mass is 10.0. The van der Waals surface area contributed by atoms with E-state index in [9.17, 15) is 0 Å². The molecule has 0 radical (unpaired) electrons. The molecule has 1 aliphatic rings. The van der Waals surface area contributed by atoms with E-state index in [1.807, 2.05) is 25.1 Å². The van der Waals surface area contributed by atoms with Gasteiger partial charge in [0.2, 0.25) is 5.88 Å². The normalized spacial score (nSPS) is 16.9. The van der Waals surface area contributed by atoms with Crippen LogP contribution < -0.4 is 10.1 Å². The number of aromatic nitrogens is 1. The second-order valence-electron chi connectivity index (χ2n) is 4.50. The highest BCUT2D eigenvalue weighted by atomic mass is 16.5. The Morgan fingerprint density at radius 3 is 2.81 bits per heavy atom. The minimum atomic E-state index is 0.545. The summed E-state index contributed by atoms with van der Waals surface area (Å²) in [5.41, 5.74) is 0.545. The summed E-state index contributed by atoms with van der Waals surface area (Å²) in [5, 5.41) is 3.41. The molecule has 0 saturated heterocycles. The highest BCUT2D eigenvalue weighted by Gasteiger charge is 2.40. The molecule has 1 aliphatic carbocycles. The van der Waals surface area contributed by atoms with Gasteiger partial charge in [-0.2, -0.15) is 4.98 Å². The van der Waals surface area contributed by atoms with E-state index in [0.717, 1.165) is 12.4 Å². The highest BCUT2D eigenvalue weighted by molar-refractivity contribution is 5.37. The fourth-order valence-corrected chi connectivity index (χ4v) is 1.85. The van der Waals surface area contributed by atoms with Crippen molar-refractivity contribution in [2.45, 2.75) is 33.1 Å². The average Bonchev–Trinajstić information content (AvgIpc) is 3.08. The van der Waals surface area contributed by atoms with Crippen LogP contribution in [-0.4, -0.2) is 18.1 Å². The summed E-state index contributed by atoms with van der Waals surface area (Å²) in [6, 6.07) is 5.86. The van der Waals surface area contributed by atoms with Crippen molar-refractivity contribution in [3.8, 4) is 5.88 Å². The molecule has 1 aromatic heterocycles. The number of rotatable bonds is 6. The summed E-state index contributed by atoms with van der Waals surface area (Å²) in [5.74, 6) is 1.62. The van der Waals surface area contributed by atoms with Crippen LogP contribution in [0, 0.1) is 5.41 Å². The smallest absolute Gasteiger partial charge is 0.215 e. The van der Waals surface area contributed by atoms with Gasteiger partial charge >= 0.3 is 0 Å². The molecule has 88 valence electrons. The van der Waals surface area contributed by atoms with Crippen LogP contribution in [0.1, 0.15) is 33.1 Å². The zero-order chi connectivity index (χ0) is 11.4. The molecular formula is C13H20N2O. The molecule has 1 saturated carbocycles. The van der Waals surface area contributed by atoms with Crippen LogP contribution in [-0.2, 0) is 0 Å². The zero-order valence-corrected chi connectivity index (χ0v) is 10.1. The second kappa shape index (κ2) is 4.73. The molecule has 16 heavy (non-hydrogen) atoms. The molecule has 3 heteroatoms. The molecule has 3 nitrogen and oxygen atoms in total. The van der Waals surface area contributed by atoms with Gasteiger partial charge in [0.15, 0.2) is 0 Å². The Kier molecular flexibility index (Phi) is 3.32. The molecule has 0 bridgehead atoms. The van der Waals surface area contributed by atoms with Crippen molar-refractivity contribution in [1.82, 2.24) is 4.98 Å². The van der Waals surface area contributed by atoms with Gasteiger partial charge in [-0.1, -0.05) is 13.0 Å². The fourth-order valence-electron chi connectivity index (χ4n) is 1.85. The van der Waals surface area contributed by atoms with Gasteiger partial charge < -0.3 is 10.1 Å². The first kappa shape index (κ1) is 11.2. The number of anilines is 1. The van der Waals surface area contributed by atoms with Gasteiger partial charge in [-0.05, 0) is 37.7 Å². The Bertz CT molecular complexity index is 348. The van der Waals surface area contributed by atoms with E-state index in [2.05, 4.69) is 17.2 Å². The van der Waals surface area contributed by atoms with Crippen LogP contribution in [0.4, 0.5) is 5.82 Å². The van der Waals surface area contributed by atoms with Gasteiger partial charge in [0.25, 0.3) is 0 Å². The maximum absolute atomic E-state index is 5.37. The van der Waals surface area contributed by atoms with Crippen LogP contribution in [0.5, 0.6) is 5.88 Å². The molecule has 0 aromatic carbocycles. The lowest BCUT2D eigenvalue weighted by molar-refractivity contribution is 0.327. The van der Waals surface area contributed by atoms with Crippen molar-refractivity contribution in [2.24, 2.45) is 5.41 Å². The van der Waals surface area contributed by atoms with E-state index in [4.69, 9.17) is 4.74 Å². The third kappa shape index (κ3) is 2.65. The third-order valence-electron chi connectivity index (χ3n) is 3.37. The van der Waals surface area contributed by atoms with Crippen LogP contribution in [0.3, 0.4) is 0 Å². The zero-order valence-electron chi connectivity index (χ0n) is 10.1. The summed E-state index contributed by atoms with van der Waals surface area (Å²) in [7, 11) is 0. The molecule has 1 fully saturated rings. The van der Waals surface area contributed by atoms with Gasteiger partial charge in [-0.3, -0.25) is 0 Å². The van der Waals surface area contributed by atoms with E-state index in [0.29, 0.717) is 17.9 Å². The van der Waals surface area contributed by atoms with Crippen LogP contribution in [0.2, 0.25) is 0 Å². The minimum Gasteiger partial charge on any atom is -0.478 e. The molecule has 0 unspecified atom stereocenters. The maximum atomic E-state index is 5.37. The Balaban J connectivity index is 1.91. The quantitative estimate of drug-likeness (QED) is 0.800. The van der Waals surface area contributed by atoms with Gasteiger partial charge in [-0.15, -0.1) is 0 Å². The Labute approximate surface area is 97.2 Å². The molecule has 0 atom stereocenters. The van der Waals surface area contributed by atoms with Gasteiger partial charge in [0.1, 0.15) is 5.82 Å². The predicted molar refractivity (Wildman–Crippen MR) is 65.9 cm³/mol. The fraction of sp³-hybridized carbons (Fsp3) is 0.615. The summed E-state index contributed by atoms with van der Waals surface area (Å²) >= 11 is 0. The van der Waals surface area contributed by atoms with Crippen molar-refractivity contribution in [1.29, 1.82) is 0 Å². The van der Waals surface area contributed by atoms with E-state index in [1.54, 1.807) is 0 Å². The first-order chi connectivity index (χ1) is 7.78. The molecule has 2 rings (SSSR count). The van der Waals surface area contributed by atoms with Crippen molar-refractivity contribution >= 4 is 5.82 Å². The Hall–Kier alpha value is -1.25. The number of nitrogens with zero attached hydrogens (tertiary/aromatic N) is 1. The summed E-state index contributed by atoms with van der Waals surface area (Å²) in [6.45, 7) is 5.93. The monoisotopic (exact) mass is 220 g/mol. The lowest BCUT2D eigenvalue weighted by Crippen LogP contribution is -2.15. The molecule has 0 spiro atoms.